The number of benzene rings is 1. The normalized spacial score (nSPS) is 12.2. The summed E-state index contributed by atoms with van der Waals surface area (Å²) in [6.07, 6.45) is 1.24. The molecule has 2 heterocycles. The van der Waals surface area contributed by atoms with Gasteiger partial charge in [-0.1, -0.05) is 6.07 Å². The summed E-state index contributed by atoms with van der Waals surface area (Å²) < 4.78 is 16.0. The van der Waals surface area contributed by atoms with Gasteiger partial charge in [0.1, 0.15) is 6.61 Å². The number of ether oxygens (including phenoxy) is 3. The summed E-state index contributed by atoms with van der Waals surface area (Å²) in [7, 11) is 0. The number of aryl methyl sites for hydroxylation is 1. The number of carbonyl (C=O) groups is 1. The molecule has 1 aliphatic heterocycles. The molecule has 1 aromatic heterocycles. The summed E-state index contributed by atoms with van der Waals surface area (Å²) in [5, 5.41) is 8.91. The van der Waals surface area contributed by atoms with Gasteiger partial charge in [0.05, 0.1) is 11.3 Å². The van der Waals surface area contributed by atoms with Crippen LogP contribution in [-0.2, 0) is 6.61 Å². The van der Waals surface area contributed by atoms with Crippen LogP contribution < -0.4 is 14.2 Å². The van der Waals surface area contributed by atoms with Crippen LogP contribution in [0.2, 0.25) is 0 Å². The van der Waals surface area contributed by atoms with Gasteiger partial charge in [0, 0.05) is 6.20 Å². The lowest BCUT2D eigenvalue weighted by atomic mass is 10.2. The first-order valence-corrected chi connectivity index (χ1v) is 6.22. The van der Waals surface area contributed by atoms with Gasteiger partial charge < -0.3 is 19.3 Å². The largest absolute Gasteiger partial charge is 0.478 e. The van der Waals surface area contributed by atoms with Crippen molar-refractivity contribution in [3.8, 4) is 17.5 Å². The minimum atomic E-state index is -1.06. The molecule has 1 aromatic carbocycles. The van der Waals surface area contributed by atoms with E-state index in [9.17, 15) is 4.79 Å². The minimum Gasteiger partial charge on any atom is -0.478 e. The molecule has 0 saturated carbocycles. The number of fused-ring (bicyclic) bond motifs is 1. The van der Waals surface area contributed by atoms with Crippen molar-refractivity contribution in [2.75, 3.05) is 6.79 Å². The van der Waals surface area contributed by atoms with E-state index in [2.05, 4.69) is 9.97 Å². The summed E-state index contributed by atoms with van der Waals surface area (Å²) in [6, 6.07) is 5.61. The molecule has 21 heavy (non-hydrogen) atoms. The smallest absolute Gasteiger partial charge is 0.339 e. The second kappa shape index (κ2) is 5.28. The van der Waals surface area contributed by atoms with Crippen LogP contribution in [0.15, 0.2) is 24.4 Å². The fraction of sp³-hybridized carbons (Fsp3) is 0.214. The minimum absolute atomic E-state index is 0.0606. The van der Waals surface area contributed by atoms with Gasteiger partial charge in [-0.3, -0.25) is 0 Å². The van der Waals surface area contributed by atoms with Crippen molar-refractivity contribution < 1.29 is 24.1 Å². The molecule has 7 heteroatoms. The first kappa shape index (κ1) is 13.2. The van der Waals surface area contributed by atoms with E-state index in [1.807, 2.05) is 12.1 Å². The van der Waals surface area contributed by atoms with Gasteiger partial charge in [0.25, 0.3) is 0 Å². The fourth-order valence-electron chi connectivity index (χ4n) is 1.90. The zero-order valence-electron chi connectivity index (χ0n) is 11.2. The highest BCUT2D eigenvalue weighted by Gasteiger charge is 2.14. The Kier molecular flexibility index (Phi) is 3.31. The first-order valence-electron chi connectivity index (χ1n) is 6.22. The van der Waals surface area contributed by atoms with E-state index in [-0.39, 0.29) is 25.0 Å². The molecule has 7 nitrogen and oxygen atoms in total. The number of carboxylic acids is 1. The van der Waals surface area contributed by atoms with Crippen LogP contribution in [0.25, 0.3) is 0 Å². The highest BCUT2D eigenvalue weighted by atomic mass is 16.7. The average molecular weight is 288 g/mol. The van der Waals surface area contributed by atoms with E-state index in [4.69, 9.17) is 19.3 Å². The summed E-state index contributed by atoms with van der Waals surface area (Å²) in [5.74, 6) is 0.320. The predicted molar refractivity (Wildman–Crippen MR) is 70.6 cm³/mol. The number of nitrogens with zero attached hydrogens (tertiary/aromatic N) is 2. The van der Waals surface area contributed by atoms with Crippen molar-refractivity contribution >= 4 is 5.97 Å². The summed E-state index contributed by atoms with van der Waals surface area (Å²) >= 11 is 0. The second-order valence-corrected chi connectivity index (χ2v) is 4.43. The number of aromatic nitrogens is 2. The summed E-state index contributed by atoms with van der Waals surface area (Å²) in [5.41, 5.74) is 1.30. The van der Waals surface area contributed by atoms with E-state index >= 15 is 0 Å². The molecule has 0 amide bonds. The Labute approximate surface area is 120 Å². The molecule has 2 aromatic rings. The zero-order chi connectivity index (χ0) is 14.8. The molecule has 3 rings (SSSR count). The maximum atomic E-state index is 10.9. The number of rotatable bonds is 4. The Bertz CT molecular complexity index is 702. The third-order valence-corrected chi connectivity index (χ3v) is 2.99. The van der Waals surface area contributed by atoms with Gasteiger partial charge >= 0.3 is 12.0 Å². The van der Waals surface area contributed by atoms with Crippen molar-refractivity contribution in [1.82, 2.24) is 9.97 Å². The topological polar surface area (TPSA) is 90.8 Å². The molecular formula is C14H12N2O5. The molecule has 0 saturated heterocycles. The zero-order valence-corrected chi connectivity index (χ0v) is 11.2. The lowest BCUT2D eigenvalue weighted by molar-refractivity contribution is 0.0694. The Morgan fingerprint density at radius 3 is 2.95 bits per heavy atom. The third-order valence-electron chi connectivity index (χ3n) is 2.99. The van der Waals surface area contributed by atoms with Crippen molar-refractivity contribution in [3.63, 3.8) is 0 Å². The van der Waals surface area contributed by atoms with Crippen LogP contribution in [0.3, 0.4) is 0 Å². The van der Waals surface area contributed by atoms with Crippen LogP contribution in [0.5, 0.6) is 17.5 Å². The fourth-order valence-corrected chi connectivity index (χ4v) is 1.90. The lowest BCUT2D eigenvalue weighted by Crippen LogP contribution is -2.06. The van der Waals surface area contributed by atoms with E-state index in [1.54, 1.807) is 13.0 Å². The van der Waals surface area contributed by atoms with Gasteiger partial charge in [-0.2, -0.15) is 4.98 Å². The molecule has 0 fully saturated rings. The quantitative estimate of drug-likeness (QED) is 0.917. The lowest BCUT2D eigenvalue weighted by Gasteiger charge is -2.07. The van der Waals surface area contributed by atoms with Crippen molar-refractivity contribution in [2.24, 2.45) is 0 Å². The number of aromatic carboxylic acids is 1. The molecule has 0 bridgehead atoms. The Morgan fingerprint density at radius 2 is 2.19 bits per heavy atom. The predicted octanol–water partition coefficient (Wildman–Crippen LogP) is 1.79. The van der Waals surface area contributed by atoms with E-state index < -0.39 is 5.97 Å². The Morgan fingerprint density at radius 1 is 1.38 bits per heavy atom. The first-order chi connectivity index (χ1) is 10.1. The maximum absolute atomic E-state index is 10.9. The highest BCUT2D eigenvalue weighted by molar-refractivity contribution is 5.88. The van der Waals surface area contributed by atoms with E-state index in [0.29, 0.717) is 17.2 Å². The summed E-state index contributed by atoms with van der Waals surface area (Å²) in [4.78, 5) is 18.8. The number of carboxylic acid groups (broad SMARTS) is 1. The van der Waals surface area contributed by atoms with Gasteiger partial charge in [-0.15, -0.1) is 0 Å². The molecule has 0 spiro atoms. The van der Waals surface area contributed by atoms with Gasteiger partial charge in [0.2, 0.25) is 6.79 Å². The van der Waals surface area contributed by atoms with Gasteiger partial charge in [0.15, 0.2) is 11.5 Å². The van der Waals surface area contributed by atoms with Crippen LogP contribution in [0, 0.1) is 6.92 Å². The monoisotopic (exact) mass is 288 g/mol. The van der Waals surface area contributed by atoms with Crippen LogP contribution in [0.4, 0.5) is 0 Å². The number of hydrogen-bond acceptors (Lipinski definition) is 6. The van der Waals surface area contributed by atoms with Crippen LogP contribution >= 0.6 is 0 Å². The molecule has 1 aliphatic rings. The standard InChI is InChI=1S/C14H12N2O5/c1-8-10(13(17)18)5-15-14(16-8)19-6-9-2-3-11-12(4-9)21-7-20-11/h2-5H,6-7H2,1H3,(H,17,18). The average Bonchev–Trinajstić information content (AvgIpc) is 2.92. The van der Waals surface area contributed by atoms with Crippen molar-refractivity contribution in [2.45, 2.75) is 13.5 Å². The molecule has 0 unspecified atom stereocenters. The molecule has 0 atom stereocenters. The summed E-state index contributed by atoms with van der Waals surface area (Å²) in [6.45, 7) is 2.07. The Hall–Kier alpha value is -2.83. The van der Waals surface area contributed by atoms with Crippen LogP contribution in [0.1, 0.15) is 21.6 Å². The van der Waals surface area contributed by atoms with Gasteiger partial charge in [-0.05, 0) is 24.6 Å². The third kappa shape index (κ3) is 2.71. The van der Waals surface area contributed by atoms with Gasteiger partial charge in [-0.25, -0.2) is 9.78 Å². The Balaban J connectivity index is 1.70. The molecular weight excluding hydrogens is 276 g/mol. The highest BCUT2D eigenvalue weighted by Crippen LogP contribution is 2.32. The molecule has 108 valence electrons. The molecule has 0 radical (unpaired) electrons. The second-order valence-electron chi connectivity index (χ2n) is 4.43. The van der Waals surface area contributed by atoms with E-state index in [1.165, 1.54) is 6.20 Å². The molecule has 0 aliphatic carbocycles. The molecule has 1 N–H and O–H groups in total. The van der Waals surface area contributed by atoms with Crippen molar-refractivity contribution in [1.29, 1.82) is 0 Å². The maximum Gasteiger partial charge on any atom is 0.339 e. The van der Waals surface area contributed by atoms with Crippen LogP contribution in [-0.4, -0.2) is 27.8 Å². The SMILES string of the molecule is Cc1nc(OCc2ccc3c(c2)OCO3)ncc1C(=O)O. The van der Waals surface area contributed by atoms with Crippen molar-refractivity contribution in [3.05, 3.63) is 41.2 Å². The van der Waals surface area contributed by atoms with E-state index in [0.717, 1.165) is 5.56 Å². The number of hydrogen-bond donors (Lipinski definition) is 1.